The molecule has 2 N–H and O–H groups in total. The number of furan rings is 1. The van der Waals surface area contributed by atoms with E-state index in [2.05, 4.69) is 15.9 Å². The Balaban J connectivity index is 2.37. The highest BCUT2D eigenvalue weighted by Crippen LogP contribution is 2.25. The second-order valence-electron chi connectivity index (χ2n) is 4.62. The summed E-state index contributed by atoms with van der Waals surface area (Å²) in [4.78, 5) is -0.437. The summed E-state index contributed by atoms with van der Waals surface area (Å²) in [5.41, 5.74) is 5.99. The van der Waals surface area contributed by atoms with E-state index < -0.39 is 20.7 Å². The van der Waals surface area contributed by atoms with Crippen molar-refractivity contribution in [2.24, 2.45) is 0 Å². The molecule has 21 heavy (non-hydrogen) atoms. The van der Waals surface area contributed by atoms with E-state index in [9.17, 15) is 12.8 Å². The van der Waals surface area contributed by atoms with Gasteiger partial charge in [0.1, 0.15) is 16.5 Å². The quantitative estimate of drug-likeness (QED) is 0.832. The number of anilines is 1. The van der Waals surface area contributed by atoms with Crippen LogP contribution in [0.25, 0.3) is 0 Å². The van der Waals surface area contributed by atoms with Gasteiger partial charge in [0, 0.05) is 12.7 Å². The van der Waals surface area contributed by atoms with Crippen LogP contribution in [0.3, 0.4) is 0 Å². The largest absolute Gasteiger partial charge is 0.453 e. The molecule has 0 saturated heterocycles. The fourth-order valence-electron chi connectivity index (χ4n) is 1.86. The van der Waals surface area contributed by atoms with Crippen molar-refractivity contribution in [1.29, 1.82) is 0 Å². The summed E-state index contributed by atoms with van der Waals surface area (Å²) in [6, 6.07) is 5.79. The molecule has 0 saturated carbocycles. The molecule has 0 aliphatic heterocycles. The smallest absolute Gasteiger partial charge is 0.246 e. The zero-order valence-corrected chi connectivity index (χ0v) is 13.8. The van der Waals surface area contributed by atoms with Gasteiger partial charge in [-0.2, -0.15) is 4.31 Å². The molecule has 0 aliphatic rings. The molecule has 1 heterocycles. The Morgan fingerprint density at radius 2 is 2.05 bits per heavy atom. The van der Waals surface area contributed by atoms with Gasteiger partial charge in [0.25, 0.3) is 0 Å². The summed E-state index contributed by atoms with van der Waals surface area (Å²) in [7, 11) is -2.65. The van der Waals surface area contributed by atoms with Crippen molar-refractivity contribution in [2.75, 3.05) is 12.8 Å². The van der Waals surface area contributed by atoms with Crippen LogP contribution >= 0.6 is 15.9 Å². The molecule has 2 aromatic rings. The number of nitrogens with zero attached hydrogens (tertiary/aromatic N) is 1. The number of halogens is 2. The molecule has 0 aliphatic carbocycles. The highest BCUT2D eigenvalue weighted by molar-refractivity contribution is 9.10. The molecular weight excluding hydrogens is 363 g/mol. The molecule has 0 fully saturated rings. The topological polar surface area (TPSA) is 76.5 Å². The summed E-state index contributed by atoms with van der Waals surface area (Å²) in [5.74, 6) is -0.356. The van der Waals surface area contributed by atoms with Gasteiger partial charge in [-0.15, -0.1) is 0 Å². The lowest BCUT2D eigenvalue weighted by Gasteiger charge is -2.17. The zero-order chi connectivity index (χ0) is 15.8. The molecule has 0 amide bonds. The molecule has 0 radical (unpaired) electrons. The molecule has 2 rings (SSSR count). The van der Waals surface area contributed by atoms with E-state index >= 15 is 0 Å². The SMILES string of the molecule is Cc1cc(N)cc(S(=O)(=O)N(C)Cc2ccc(Br)o2)c1F. The lowest BCUT2D eigenvalue weighted by Crippen LogP contribution is -2.27. The van der Waals surface area contributed by atoms with E-state index in [1.54, 1.807) is 12.1 Å². The van der Waals surface area contributed by atoms with E-state index in [1.165, 1.54) is 20.0 Å². The Hall–Kier alpha value is -1.38. The normalized spacial score (nSPS) is 12.0. The minimum absolute atomic E-state index is 0.0127. The van der Waals surface area contributed by atoms with Crippen LogP contribution in [-0.4, -0.2) is 19.8 Å². The molecule has 1 aromatic carbocycles. The second kappa shape index (κ2) is 5.78. The Bertz CT molecular complexity index is 774. The third-order valence-electron chi connectivity index (χ3n) is 2.94. The zero-order valence-electron chi connectivity index (χ0n) is 11.4. The van der Waals surface area contributed by atoms with Crippen molar-refractivity contribution in [3.8, 4) is 0 Å². The number of aryl methyl sites for hydroxylation is 1. The highest BCUT2D eigenvalue weighted by Gasteiger charge is 2.26. The van der Waals surface area contributed by atoms with Crippen molar-refractivity contribution >= 4 is 31.6 Å². The van der Waals surface area contributed by atoms with E-state index in [1.807, 2.05) is 0 Å². The highest BCUT2D eigenvalue weighted by atomic mass is 79.9. The van der Waals surface area contributed by atoms with E-state index in [0.29, 0.717) is 10.4 Å². The number of nitrogens with two attached hydrogens (primary N) is 1. The number of hydrogen-bond donors (Lipinski definition) is 1. The number of nitrogen functional groups attached to an aromatic ring is 1. The van der Waals surface area contributed by atoms with Gasteiger partial charge in [-0.05, 0) is 52.7 Å². The monoisotopic (exact) mass is 376 g/mol. The van der Waals surface area contributed by atoms with Gasteiger partial charge in [0.15, 0.2) is 4.67 Å². The van der Waals surface area contributed by atoms with Crippen LogP contribution in [0, 0.1) is 12.7 Å². The Labute approximate surface area is 130 Å². The van der Waals surface area contributed by atoms with Crippen LogP contribution < -0.4 is 5.73 Å². The Kier molecular flexibility index (Phi) is 4.40. The fourth-order valence-corrected chi connectivity index (χ4v) is 3.51. The maximum Gasteiger partial charge on any atom is 0.246 e. The number of hydrogen-bond acceptors (Lipinski definition) is 4. The van der Waals surface area contributed by atoms with Gasteiger partial charge in [0.2, 0.25) is 10.0 Å². The summed E-state index contributed by atoms with van der Waals surface area (Å²) < 4.78 is 45.7. The molecule has 8 heteroatoms. The summed E-state index contributed by atoms with van der Waals surface area (Å²) in [6.07, 6.45) is 0. The lowest BCUT2D eigenvalue weighted by molar-refractivity contribution is 0.396. The summed E-state index contributed by atoms with van der Waals surface area (Å²) in [6.45, 7) is 1.45. The van der Waals surface area contributed by atoms with Crippen molar-refractivity contribution in [1.82, 2.24) is 4.31 Å². The van der Waals surface area contributed by atoms with Crippen molar-refractivity contribution in [3.05, 3.63) is 46.1 Å². The van der Waals surface area contributed by atoms with Gasteiger partial charge in [-0.3, -0.25) is 0 Å². The molecule has 114 valence electrons. The molecule has 5 nitrogen and oxygen atoms in total. The van der Waals surface area contributed by atoms with Gasteiger partial charge in [-0.1, -0.05) is 0 Å². The van der Waals surface area contributed by atoms with Gasteiger partial charge in [-0.25, -0.2) is 12.8 Å². The van der Waals surface area contributed by atoms with E-state index in [0.717, 1.165) is 10.4 Å². The summed E-state index contributed by atoms with van der Waals surface area (Å²) in [5, 5.41) is 0. The van der Waals surface area contributed by atoms with Crippen LogP contribution in [0.1, 0.15) is 11.3 Å². The van der Waals surface area contributed by atoms with Crippen LogP contribution in [0.4, 0.5) is 10.1 Å². The van der Waals surface area contributed by atoms with Crippen molar-refractivity contribution < 1.29 is 17.2 Å². The van der Waals surface area contributed by atoms with E-state index in [-0.39, 0.29) is 17.8 Å². The van der Waals surface area contributed by atoms with Crippen molar-refractivity contribution in [3.63, 3.8) is 0 Å². The minimum atomic E-state index is -4.00. The van der Waals surface area contributed by atoms with E-state index in [4.69, 9.17) is 10.2 Å². The third kappa shape index (κ3) is 3.28. The van der Waals surface area contributed by atoms with Gasteiger partial charge < -0.3 is 10.2 Å². The number of sulfonamides is 1. The Morgan fingerprint density at radius 1 is 1.38 bits per heavy atom. The fraction of sp³-hybridized carbons (Fsp3) is 0.231. The van der Waals surface area contributed by atoms with Crippen LogP contribution in [0.15, 0.2) is 38.2 Å². The van der Waals surface area contributed by atoms with Crippen LogP contribution in [0.2, 0.25) is 0 Å². The first-order valence-corrected chi connectivity index (χ1v) is 8.21. The average Bonchev–Trinajstić information content (AvgIpc) is 2.79. The molecule has 0 unspecified atom stereocenters. The maximum absolute atomic E-state index is 14.1. The first-order chi connectivity index (χ1) is 9.71. The van der Waals surface area contributed by atoms with Crippen LogP contribution in [0.5, 0.6) is 0 Å². The standard InChI is InChI=1S/C13H14BrFN2O3S/c1-8-5-9(16)6-11(13(8)15)21(18,19)17(2)7-10-3-4-12(14)20-10/h3-6H,7,16H2,1-2H3. The number of benzene rings is 1. The van der Waals surface area contributed by atoms with Crippen molar-refractivity contribution in [2.45, 2.75) is 18.4 Å². The van der Waals surface area contributed by atoms with Crippen LogP contribution in [-0.2, 0) is 16.6 Å². The average molecular weight is 377 g/mol. The second-order valence-corrected chi connectivity index (χ2v) is 7.41. The summed E-state index contributed by atoms with van der Waals surface area (Å²) >= 11 is 3.14. The first kappa shape index (κ1) is 16.0. The molecule has 0 spiro atoms. The molecular formula is C13H14BrFN2O3S. The predicted molar refractivity (Wildman–Crippen MR) is 80.6 cm³/mol. The predicted octanol–water partition coefficient (Wildman–Crippen LogP) is 2.89. The Morgan fingerprint density at radius 3 is 2.62 bits per heavy atom. The first-order valence-electron chi connectivity index (χ1n) is 5.98. The minimum Gasteiger partial charge on any atom is -0.453 e. The van der Waals surface area contributed by atoms with Gasteiger partial charge >= 0.3 is 0 Å². The number of rotatable bonds is 4. The maximum atomic E-state index is 14.1. The third-order valence-corrected chi connectivity index (χ3v) is 5.17. The molecule has 1 aromatic heterocycles. The molecule has 0 atom stereocenters. The van der Waals surface area contributed by atoms with Gasteiger partial charge in [0.05, 0.1) is 6.54 Å². The lowest BCUT2D eigenvalue weighted by atomic mass is 10.2. The molecule has 0 bridgehead atoms.